The molecule has 3 amide bonds. The summed E-state index contributed by atoms with van der Waals surface area (Å²) in [4.78, 5) is 40.1. The average Bonchev–Trinajstić information content (AvgIpc) is 3.44. The molecule has 3 aromatic rings. The van der Waals surface area contributed by atoms with Crippen molar-refractivity contribution in [3.8, 4) is 22.1 Å². The van der Waals surface area contributed by atoms with Gasteiger partial charge in [-0.15, -0.1) is 11.3 Å². The van der Waals surface area contributed by atoms with E-state index in [-0.39, 0.29) is 6.42 Å². The second-order valence-corrected chi connectivity index (χ2v) is 7.21. The number of furan rings is 1. The maximum absolute atomic E-state index is 12.0. The summed E-state index contributed by atoms with van der Waals surface area (Å²) in [5.74, 6) is -0.313. The van der Waals surface area contributed by atoms with Crippen LogP contribution < -0.4 is 20.1 Å². The number of carbonyl (C=O) groups excluding carboxylic acids is 3. The maximum Gasteiger partial charge on any atom is 0.325 e. The first-order chi connectivity index (χ1) is 15.1. The zero-order valence-electron chi connectivity index (χ0n) is 16.1. The maximum atomic E-state index is 12.0. The molecular formula is C20H17N3O7S. The SMILES string of the molecule is O=C(COC(=O)Cc1csc(-c2ccoc2)n1)NC(=O)Nc1ccc2c(c1)OCCO2. The number of thiazole rings is 1. The van der Waals surface area contributed by atoms with E-state index in [1.165, 1.54) is 17.6 Å². The number of aromatic nitrogens is 1. The molecule has 160 valence electrons. The topological polar surface area (TPSA) is 129 Å². The highest BCUT2D eigenvalue weighted by atomic mass is 32.1. The lowest BCUT2D eigenvalue weighted by Gasteiger charge is -2.19. The molecule has 0 saturated carbocycles. The number of fused-ring (bicyclic) bond motifs is 1. The van der Waals surface area contributed by atoms with E-state index < -0.39 is 24.5 Å². The first kappa shape index (κ1) is 20.4. The molecule has 1 aromatic carbocycles. The smallest absolute Gasteiger partial charge is 0.325 e. The number of hydrogen-bond donors (Lipinski definition) is 2. The number of nitrogens with one attached hydrogen (secondary N) is 2. The summed E-state index contributed by atoms with van der Waals surface area (Å²) in [7, 11) is 0. The Balaban J connectivity index is 1.21. The molecule has 0 aliphatic carbocycles. The molecular weight excluding hydrogens is 426 g/mol. The van der Waals surface area contributed by atoms with Crippen molar-refractivity contribution in [2.75, 3.05) is 25.1 Å². The Labute approximate surface area is 180 Å². The van der Waals surface area contributed by atoms with Crippen LogP contribution in [0.3, 0.4) is 0 Å². The summed E-state index contributed by atoms with van der Waals surface area (Å²) < 4.78 is 20.7. The molecule has 10 nitrogen and oxygen atoms in total. The van der Waals surface area contributed by atoms with Crippen molar-refractivity contribution in [3.63, 3.8) is 0 Å². The minimum atomic E-state index is -0.763. The van der Waals surface area contributed by atoms with E-state index in [1.54, 1.807) is 35.9 Å². The fourth-order valence-corrected chi connectivity index (χ4v) is 3.50. The van der Waals surface area contributed by atoms with E-state index in [2.05, 4.69) is 15.6 Å². The Morgan fingerprint density at radius 3 is 2.77 bits per heavy atom. The van der Waals surface area contributed by atoms with Crippen LogP contribution in [0.2, 0.25) is 0 Å². The molecule has 0 radical (unpaired) electrons. The second-order valence-electron chi connectivity index (χ2n) is 6.35. The highest BCUT2D eigenvalue weighted by Crippen LogP contribution is 2.32. The number of rotatable bonds is 6. The molecule has 0 atom stereocenters. The molecule has 3 heterocycles. The summed E-state index contributed by atoms with van der Waals surface area (Å²) in [6.45, 7) is 0.283. The Morgan fingerprint density at radius 1 is 1.13 bits per heavy atom. The molecule has 0 spiro atoms. The van der Waals surface area contributed by atoms with Crippen LogP contribution in [0.5, 0.6) is 11.5 Å². The molecule has 4 rings (SSSR count). The fourth-order valence-electron chi connectivity index (χ4n) is 2.70. The van der Waals surface area contributed by atoms with Crippen molar-refractivity contribution in [3.05, 3.63) is 47.9 Å². The van der Waals surface area contributed by atoms with Crippen LogP contribution in [0.15, 0.2) is 46.6 Å². The summed E-state index contributed by atoms with van der Waals surface area (Å²) in [5.41, 5.74) is 1.75. The molecule has 0 unspecified atom stereocenters. The van der Waals surface area contributed by atoms with Gasteiger partial charge in [-0.05, 0) is 18.2 Å². The van der Waals surface area contributed by atoms with Crippen molar-refractivity contribution >= 4 is 34.9 Å². The highest BCUT2D eigenvalue weighted by Gasteiger charge is 2.16. The van der Waals surface area contributed by atoms with Crippen LogP contribution in [-0.2, 0) is 20.7 Å². The zero-order chi connectivity index (χ0) is 21.6. The van der Waals surface area contributed by atoms with Gasteiger partial charge in [0.15, 0.2) is 18.1 Å². The molecule has 0 fully saturated rings. The lowest BCUT2D eigenvalue weighted by molar-refractivity contribution is -0.147. The third-order valence-electron chi connectivity index (χ3n) is 4.06. The molecule has 1 aliphatic rings. The minimum absolute atomic E-state index is 0.0922. The van der Waals surface area contributed by atoms with Crippen molar-refractivity contribution in [2.24, 2.45) is 0 Å². The van der Waals surface area contributed by atoms with Crippen molar-refractivity contribution < 1.29 is 33.0 Å². The van der Waals surface area contributed by atoms with Gasteiger partial charge in [-0.25, -0.2) is 9.78 Å². The van der Waals surface area contributed by atoms with E-state index in [9.17, 15) is 14.4 Å². The number of nitrogens with zero attached hydrogens (tertiary/aromatic N) is 1. The van der Waals surface area contributed by atoms with Crippen LogP contribution in [0.25, 0.3) is 10.6 Å². The van der Waals surface area contributed by atoms with Gasteiger partial charge in [0, 0.05) is 22.7 Å². The lowest BCUT2D eigenvalue weighted by atomic mass is 10.2. The Hall–Kier alpha value is -3.86. The van der Waals surface area contributed by atoms with Gasteiger partial charge in [-0.2, -0.15) is 0 Å². The number of anilines is 1. The standard InChI is InChI=1S/C20H17N3O7S/c24-17(23-20(26)22-13-1-2-15-16(7-13)29-6-5-28-15)10-30-18(25)8-14-11-31-19(21-14)12-3-4-27-9-12/h1-4,7,9,11H,5-6,8,10H2,(H2,22,23,24,26). The normalized spacial score (nSPS) is 12.1. The van der Waals surface area contributed by atoms with Gasteiger partial charge in [0.2, 0.25) is 0 Å². The summed E-state index contributed by atoms with van der Waals surface area (Å²) in [6, 6.07) is 5.86. The van der Waals surface area contributed by atoms with E-state index >= 15 is 0 Å². The van der Waals surface area contributed by atoms with Crippen molar-refractivity contribution in [1.29, 1.82) is 0 Å². The van der Waals surface area contributed by atoms with Crippen LogP contribution in [-0.4, -0.2) is 42.7 Å². The Morgan fingerprint density at radius 2 is 1.97 bits per heavy atom. The number of esters is 1. The van der Waals surface area contributed by atoms with Crippen LogP contribution in [0.1, 0.15) is 5.69 Å². The molecule has 0 saturated heterocycles. The Kier molecular flexibility index (Phi) is 6.13. The summed E-state index contributed by atoms with van der Waals surface area (Å²) in [5, 5.41) is 7.03. The molecule has 1 aliphatic heterocycles. The molecule has 2 aromatic heterocycles. The van der Waals surface area contributed by atoms with E-state index in [0.29, 0.717) is 41.1 Å². The predicted molar refractivity (Wildman–Crippen MR) is 109 cm³/mol. The molecule has 2 N–H and O–H groups in total. The van der Waals surface area contributed by atoms with Gasteiger partial charge in [-0.1, -0.05) is 0 Å². The highest BCUT2D eigenvalue weighted by molar-refractivity contribution is 7.13. The quantitative estimate of drug-likeness (QED) is 0.556. The largest absolute Gasteiger partial charge is 0.486 e. The van der Waals surface area contributed by atoms with Gasteiger partial charge >= 0.3 is 12.0 Å². The number of amides is 3. The molecule has 31 heavy (non-hydrogen) atoms. The van der Waals surface area contributed by atoms with E-state index in [1.807, 2.05) is 0 Å². The number of urea groups is 1. The van der Waals surface area contributed by atoms with Crippen LogP contribution in [0.4, 0.5) is 10.5 Å². The number of carbonyl (C=O) groups is 3. The number of hydrogen-bond acceptors (Lipinski definition) is 9. The number of ether oxygens (including phenoxy) is 3. The number of benzene rings is 1. The lowest BCUT2D eigenvalue weighted by Crippen LogP contribution is -2.37. The van der Waals surface area contributed by atoms with Crippen molar-refractivity contribution in [1.82, 2.24) is 10.3 Å². The van der Waals surface area contributed by atoms with Gasteiger partial charge in [0.05, 0.1) is 18.4 Å². The minimum Gasteiger partial charge on any atom is -0.486 e. The third kappa shape index (κ3) is 5.39. The van der Waals surface area contributed by atoms with Crippen molar-refractivity contribution in [2.45, 2.75) is 6.42 Å². The first-order valence-corrected chi connectivity index (χ1v) is 10.1. The Bertz CT molecular complexity index is 1090. The number of imide groups is 1. The van der Waals surface area contributed by atoms with Gasteiger partial charge in [-0.3, -0.25) is 14.9 Å². The van der Waals surface area contributed by atoms with E-state index in [0.717, 1.165) is 5.56 Å². The van der Waals surface area contributed by atoms with Gasteiger partial charge in [0.1, 0.15) is 24.5 Å². The summed E-state index contributed by atoms with van der Waals surface area (Å²) >= 11 is 1.36. The van der Waals surface area contributed by atoms with Crippen LogP contribution in [0, 0.1) is 0 Å². The average molecular weight is 443 g/mol. The van der Waals surface area contributed by atoms with Gasteiger partial charge in [0.25, 0.3) is 5.91 Å². The van der Waals surface area contributed by atoms with Crippen LogP contribution >= 0.6 is 11.3 Å². The monoisotopic (exact) mass is 443 g/mol. The second kappa shape index (κ2) is 9.30. The third-order valence-corrected chi connectivity index (χ3v) is 5.00. The van der Waals surface area contributed by atoms with E-state index in [4.69, 9.17) is 18.6 Å². The fraction of sp³-hybridized carbons (Fsp3) is 0.200. The zero-order valence-corrected chi connectivity index (χ0v) is 16.9. The molecule has 11 heteroatoms. The van der Waals surface area contributed by atoms with Gasteiger partial charge < -0.3 is 23.9 Å². The molecule has 0 bridgehead atoms. The summed E-state index contributed by atoms with van der Waals surface area (Å²) in [6.07, 6.45) is 3.00. The first-order valence-electron chi connectivity index (χ1n) is 9.20. The predicted octanol–water partition coefficient (Wildman–Crippen LogP) is 2.61.